The summed E-state index contributed by atoms with van der Waals surface area (Å²) in [5.41, 5.74) is -1.13. The van der Waals surface area contributed by atoms with Gasteiger partial charge in [0, 0.05) is 17.2 Å². The number of fused-ring (bicyclic) bond motifs is 1. The highest BCUT2D eigenvalue weighted by atomic mass is 19.2. The summed E-state index contributed by atoms with van der Waals surface area (Å²) in [6, 6.07) is 3.52. The van der Waals surface area contributed by atoms with E-state index in [1.165, 1.54) is 12.1 Å². The van der Waals surface area contributed by atoms with Crippen LogP contribution in [0.1, 0.15) is 0 Å². The van der Waals surface area contributed by atoms with E-state index in [1.807, 2.05) is 0 Å². The van der Waals surface area contributed by atoms with E-state index in [2.05, 4.69) is 10.3 Å². The number of hydrogen-bond donors (Lipinski definition) is 1. The average molecular weight is 292 g/mol. The van der Waals surface area contributed by atoms with Gasteiger partial charge in [-0.15, -0.1) is 0 Å². The molecule has 0 fully saturated rings. The van der Waals surface area contributed by atoms with Crippen molar-refractivity contribution in [2.24, 2.45) is 0 Å². The monoisotopic (exact) mass is 292 g/mol. The van der Waals surface area contributed by atoms with Gasteiger partial charge in [0.15, 0.2) is 11.6 Å². The van der Waals surface area contributed by atoms with Crippen molar-refractivity contribution in [1.29, 1.82) is 0 Å². The summed E-state index contributed by atoms with van der Waals surface area (Å²) in [4.78, 5) is 24.7. The molecule has 0 amide bonds. The number of carbonyl (C=O) groups excluding carboxylic acids is 2. The quantitative estimate of drug-likeness (QED) is 0.454. The Morgan fingerprint density at radius 3 is 2.48 bits per heavy atom. The molecule has 0 spiro atoms. The molecule has 1 aromatic carbocycles. The van der Waals surface area contributed by atoms with Gasteiger partial charge in [0.2, 0.25) is 0 Å². The van der Waals surface area contributed by atoms with Crippen LogP contribution >= 0.6 is 0 Å². The first-order chi connectivity index (χ1) is 9.90. The predicted octanol–water partition coefficient (Wildman–Crippen LogP) is -0.691. The fourth-order valence-corrected chi connectivity index (χ4v) is 1.58. The highest BCUT2D eigenvalue weighted by Crippen LogP contribution is 2.21. The molecule has 108 valence electrons. The summed E-state index contributed by atoms with van der Waals surface area (Å²) in [5, 5.41) is 23.6. The lowest BCUT2D eigenvalue weighted by Crippen LogP contribution is -2.36. The van der Waals surface area contributed by atoms with E-state index in [-0.39, 0.29) is 16.6 Å². The molecule has 6 nitrogen and oxygen atoms in total. The number of pyridine rings is 1. The zero-order valence-electron chi connectivity index (χ0n) is 10.2. The molecule has 0 saturated carbocycles. The van der Waals surface area contributed by atoms with Crippen LogP contribution in [-0.4, -0.2) is 16.9 Å². The Hall–Kier alpha value is -3.03. The summed E-state index contributed by atoms with van der Waals surface area (Å²) >= 11 is 0. The number of carbonyl (C=O) groups is 2. The molecule has 1 heterocycles. The molecule has 0 radical (unpaired) electrons. The van der Waals surface area contributed by atoms with Crippen molar-refractivity contribution in [2.75, 3.05) is 5.32 Å². The third kappa shape index (κ3) is 2.94. The second-order valence-corrected chi connectivity index (χ2v) is 3.93. The van der Waals surface area contributed by atoms with Crippen molar-refractivity contribution in [3.8, 4) is 0 Å². The van der Waals surface area contributed by atoms with Crippen molar-refractivity contribution in [3.05, 3.63) is 47.8 Å². The Morgan fingerprint density at radius 1 is 1.19 bits per heavy atom. The van der Waals surface area contributed by atoms with Gasteiger partial charge in [-0.05, 0) is 18.2 Å². The number of aliphatic carboxylic acids is 2. The molecule has 2 rings (SSSR count). The fraction of sp³-hybridized carbons (Fsp3) is 0. The molecule has 21 heavy (non-hydrogen) atoms. The van der Waals surface area contributed by atoms with Crippen LogP contribution in [0.3, 0.4) is 0 Å². The van der Waals surface area contributed by atoms with Crippen LogP contribution in [0.2, 0.25) is 0 Å². The molecule has 0 bridgehead atoms. The second kappa shape index (κ2) is 5.53. The summed E-state index contributed by atoms with van der Waals surface area (Å²) < 4.78 is 26.4. The minimum atomic E-state index is -1.93. The van der Waals surface area contributed by atoms with Crippen LogP contribution in [-0.2, 0) is 9.59 Å². The molecular formula is C13H6F2N2O4-2. The number of carboxylic acid groups (broad SMARTS) is 2. The largest absolute Gasteiger partial charge is 0.545 e. The Bertz CT molecular complexity index is 758. The molecule has 0 saturated heterocycles. The topological polar surface area (TPSA) is 105 Å². The van der Waals surface area contributed by atoms with E-state index in [4.69, 9.17) is 0 Å². The van der Waals surface area contributed by atoms with Crippen LogP contribution in [0.4, 0.5) is 14.5 Å². The maximum Gasteiger partial charge on any atom is 0.184 e. The predicted molar refractivity (Wildman–Crippen MR) is 63.4 cm³/mol. The highest BCUT2D eigenvalue weighted by Gasteiger charge is 2.08. The van der Waals surface area contributed by atoms with Crippen LogP contribution in [0.25, 0.3) is 10.9 Å². The van der Waals surface area contributed by atoms with Gasteiger partial charge in [-0.2, -0.15) is 0 Å². The minimum absolute atomic E-state index is 0.175. The Labute approximate surface area is 116 Å². The van der Waals surface area contributed by atoms with Gasteiger partial charge in [0.05, 0.1) is 23.8 Å². The van der Waals surface area contributed by atoms with E-state index in [9.17, 15) is 28.6 Å². The molecule has 0 aliphatic rings. The van der Waals surface area contributed by atoms with Gasteiger partial charge in [0.1, 0.15) is 5.52 Å². The third-order valence-corrected chi connectivity index (χ3v) is 2.57. The first-order valence-electron chi connectivity index (χ1n) is 5.53. The number of benzene rings is 1. The molecule has 0 atom stereocenters. The summed E-state index contributed by atoms with van der Waals surface area (Å²) in [6.45, 7) is 0. The normalized spacial score (nSPS) is 10.2. The maximum atomic E-state index is 13.4. The average Bonchev–Trinajstić information content (AvgIpc) is 2.42. The van der Waals surface area contributed by atoms with Crippen LogP contribution in [0, 0.1) is 11.6 Å². The zero-order valence-corrected chi connectivity index (χ0v) is 10.2. The molecule has 0 unspecified atom stereocenters. The van der Waals surface area contributed by atoms with Crippen LogP contribution < -0.4 is 15.5 Å². The number of rotatable bonds is 4. The molecule has 1 N–H and O–H groups in total. The number of nitrogens with zero attached hydrogens (tertiary/aromatic N) is 1. The molecular weight excluding hydrogens is 286 g/mol. The van der Waals surface area contributed by atoms with Crippen molar-refractivity contribution in [3.63, 3.8) is 0 Å². The Balaban J connectivity index is 2.36. The molecule has 2 aromatic rings. The van der Waals surface area contributed by atoms with Crippen molar-refractivity contribution in [1.82, 2.24) is 4.98 Å². The summed E-state index contributed by atoms with van der Waals surface area (Å²) in [7, 11) is 0. The first kappa shape index (κ1) is 14.4. The Kier molecular flexibility index (Phi) is 3.79. The van der Waals surface area contributed by atoms with Gasteiger partial charge < -0.3 is 25.1 Å². The second-order valence-electron chi connectivity index (χ2n) is 3.93. The van der Waals surface area contributed by atoms with Gasteiger partial charge in [-0.25, -0.2) is 8.78 Å². The zero-order chi connectivity index (χ0) is 15.6. The SMILES string of the molecule is O=C([O-])C(=CNc1cnc2c(F)c(F)ccc2c1)C(=O)[O-]. The molecule has 0 aliphatic heterocycles. The molecule has 8 heteroatoms. The van der Waals surface area contributed by atoms with E-state index in [0.717, 1.165) is 12.3 Å². The van der Waals surface area contributed by atoms with Crippen LogP contribution in [0.15, 0.2) is 36.2 Å². The standard InChI is InChI=1S/C13H8F2N2O4/c14-9-2-1-6-3-7(4-17-11(6)10(9)15)16-5-8(12(18)19)13(20)21/h1-5,16H,(H,18,19)(H,20,21)/p-2. The highest BCUT2D eigenvalue weighted by molar-refractivity contribution is 6.10. The van der Waals surface area contributed by atoms with Gasteiger partial charge in [-0.1, -0.05) is 0 Å². The minimum Gasteiger partial charge on any atom is -0.545 e. The number of anilines is 1. The van der Waals surface area contributed by atoms with Gasteiger partial charge in [-0.3, -0.25) is 4.98 Å². The molecule has 1 aromatic heterocycles. The van der Waals surface area contributed by atoms with E-state index in [1.54, 1.807) is 0 Å². The lowest BCUT2D eigenvalue weighted by atomic mass is 10.2. The van der Waals surface area contributed by atoms with Crippen molar-refractivity contribution < 1.29 is 28.6 Å². The summed E-state index contributed by atoms with van der Waals surface area (Å²) in [5.74, 6) is -6.01. The van der Waals surface area contributed by atoms with Crippen molar-refractivity contribution >= 4 is 28.5 Å². The maximum absolute atomic E-state index is 13.4. The number of aromatic nitrogens is 1. The number of hydrogen-bond acceptors (Lipinski definition) is 6. The van der Waals surface area contributed by atoms with E-state index < -0.39 is 29.1 Å². The van der Waals surface area contributed by atoms with Gasteiger partial charge in [0.25, 0.3) is 0 Å². The van der Waals surface area contributed by atoms with Gasteiger partial charge >= 0.3 is 0 Å². The smallest absolute Gasteiger partial charge is 0.184 e. The molecule has 0 aliphatic carbocycles. The first-order valence-corrected chi connectivity index (χ1v) is 5.53. The van der Waals surface area contributed by atoms with E-state index in [0.29, 0.717) is 6.20 Å². The lowest BCUT2D eigenvalue weighted by molar-refractivity contribution is -0.312. The number of carboxylic acids is 2. The van der Waals surface area contributed by atoms with Crippen LogP contribution in [0.5, 0.6) is 0 Å². The number of nitrogens with one attached hydrogen (secondary N) is 1. The third-order valence-electron chi connectivity index (χ3n) is 2.57. The lowest BCUT2D eigenvalue weighted by Gasteiger charge is -2.10. The van der Waals surface area contributed by atoms with E-state index >= 15 is 0 Å². The Morgan fingerprint density at radius 2 is 1.86 bits per heavy atom. The summed E-state index contributed by atoms with van der Waals surface area (Å²) in [6.07, 6.45) is 1.73. The van der Waals surface area contributed by atoms with Crippen molar-refractivity contribution in [2.45, 2.75) is 0 Å². The fourth-order valence-electron chi connectivity index (χ4n) is 1.58. The number of halogens is 2.